The van der Waals surface area contributed by atoms with Crippen LogP contribution in [0.2, 0.25) is 0 Å². The molecule has 0 spiro atoms. The van der Waals surface area contributed by atoms with E-state index in [0.29, 0.717) is 17.9 Å². The minimum Gasteiger partial charge on any atom is -0.493 e. The van der Waals surface area contributed by atoms with Gasteiger partial charge in [0, 0.05) is 5.56 Å². The van der Waals surface area contributed by atoms with Crippen molar-refractivity contribution in [2.24, 2.45) is 0 Å². The first kappa shape index (κ1) is 14.9. The molecule has 0 aliphatic carbocycles. The lowest BCUT2D eigenvalue weighted by atomic mass is 10.0. The van der Waals surface area contributed by atoms with E-state index in [1.807, 2.05) is 56.3 Å². The summed E-state index contributed by atoms with van der Waals surface area (Å²) in [6.45, 7) is 4.38. The second-order valence-electron chi connectivity index (χ2n) is 4.70. The molecule has 0 saturated carbocycles. The van der Waals surface area contributed by atoms with Gasteiger partial charge in [-0.15, -0.1) is 0 Å². The number of carboxylic acids is 1. The number of ether oxygens (including phenoxy) is 1. The van der Waals surface area contributed by atoms with Crippen molar-refractivity contribution in [3.8, 4) is 5.75 Å². The Bertz CT molecular complexity index is 672. The highest BCUT2D eigenvalue weighted by Gasteiger charge is 2.12. The number of para-hydroxylation sites is 1. The third kappa shape index (κ3) is 3.72. The van der Waals surface area contributed by atoms with E-state index in [9.17, 15) is 9.90 Å². The molecule has 3 nitrogen and oxygen atoms in total. The van der Waals surface area contributed by atoms with Crippen LogP contribution in [-0.4, -0.2) is 17.7 Å². The Balaban J connectivity index is 2.50. The molecule has 2 aromatic carbocycles. The van der Waals surface area contributed by atoms with E-state index in [4.69, 9.17) is 4.74 Å². The molecule has 2 aromatic rings. The third-order valence-corrected chi connectivity index (χ3v) is 3.08. The van der Waals surface area contributed by atoms with Crippen LogP contribution < -0.4 is 4.74 Å². The van der Waals surface area contributed by atoms with Crippen LogP contribution in [0.5, 0.6) is 5.75 Å². The van der Waals surface area contributed by atoms with Gasteiger partial charge in [0.2, 0.25) is 0 Å². The smallest absolute Gasteiger partial charge is 0.336 e. The second-order valence-corrected chi connectivity index (χ2v) is 4.70. The molecule has 0 unspecified atom stereocenters. The molecule has 108 valence electrons. The number of aliphatic carboxylic acids is 1. The standard InChI is InChI=1S/C18H18O3/c1-3-21-17-10-5-4-8-15(17)12-16(18(19)20)14-9-6-7-13(2)11-14/h4-12H,3H2,1-2H3,(H,19,20)/b16-12+. The molecular formula is C18H18O3. The average Bonchev–Trinajstić information content (AvgIpc) is 2.46. The molecular weight excluding hydrogens is 264 g/mol. The molecule has 0 bridgehead atoms. The van der Waals surface area contributed by atoms with Crippen molar-refractivity contribution in [1.29, 1.82) is 0 Å². The van der Waals surface area contributed by atoms with Gasteiger partial charge in [-0.25, -0.2) is 4.79 Å². The molecule has 0 aliphatic heterocycles. The van der Waals surface area contributed by atoms with E-state index in [0.717, 1.165) is 11.1 Å². The predicted octanol–water partition coefficient (Wildman–Crippen LogP) is 4.02. The zero-order chi connectivity index (χ0) is 15.2. The van der Waals surface area contributed by atoms with Gasteiger partial charge in [0.05, 0.1) is 12.2 Å². The third-order valence-electron chi connectivity index (χ3n) is 3.08. The lowest BCUT2D eigenvalue weighted by Crippen LogP contribution is -2.01. The average molecular weight is 282 g/mol. The molecule has 1 N–H and O–H groups in total. The first-order valence-electron chi connectivity index (χ1n) is 6.85. The summed E-state index contributed by atoms with van der Waals surface area (Å²) in [6, 6.07) is 14.9. The van der Waals surface area contributed by atoms with Gasteiger partial charge in [-0.2, -0.15) is 0 Å². The second kappa shape index (κ2) is 6.75. The number of rotatable bonds is 5. The molecule has 3 heteroatoms. The Morgan fingerprint density at radius 2 is 1.95 bits per heavy atom. The summed E-state index contributed by atoms with van der Waals surface area (Å²) >= 11 is 0. The van der Waals surface area contributed by atoms with Crippen molar-refractivity contribution < 1.29 is 14.6 Å². The first-order chi connectivity index (χ1) is 10.1. The highest BCUT2D eigenvalue weighted by atomic mass is 16.5. The Labute approximate surface area is 124 Å². The quantitative estimate of drug-likeness (QED) is 0.665. The summed E-state index contributed by atoms with van der Waals surface area (Å²) in [5, 5.41) is 9.49. The lowest BCUT2D eigenvalue weighted by Gasteiger charge is -2.09. The molecule has 0 fully saturated rings. The zero-order valence-electron chi connectivity index (χ0n) is 12.2. The molecule has 0 radical (unpaired) electrons. The van der Waals surface area contributed by atoms with E-state index in [-0.39, 0.29) is 5.57 Å². The molecule has 21 heavy (non-hydrogen) atoms. The Hall–Kier alpha value is -2.55. The first-order valence-corrected chi connectivity index (χ1v) is 6.85. The Kier molecular flexibility index (Phi) is 4.77. The fourth-order valence-corrected chi connectivity index (χ4v) is 2.12. The number of benzene rings is 2. The highest BCUT2D eigenvalue weighted by Crippen LogP contribution is 2.25. The van der Waals surface area contributed by atoms with Crippen LogP contribution in [-0.2, 0) is 4.79 Å². The van der Waals surface area contributed by atoms with Crippen molar-refractivity contribution in [3.63, 3.8) is 0 Å². The molecule has 0 heterocycles. The van der Waals surface area contributed by atoms with Gasteiger partial charge < -0.3 is 9.84 Å². The van der Waals surface area contributed by atoms with Crippen molar-refractivity contribution in [2.75, 3.05) is 6.61 Å². The van der Waals surface area contributed by atoms with Gasteiger partial charge >= 0.3 is 5.97 Å². The molecule has 0 amide bonds. The van der Waals surface area contributed by atoms with Crippen molar-refractivity contribution in [2.45, 2.75) is 13.8 Å². The van der Waals surface area contributed by atoms with E-state index in [1.54, 1.807) is 12.1 Å². The van der Waals surface area contributed by atoms with Crippen LogP contribution >= 0.6 is 0 Å². The topological polar surface area (TPSA) is 46.5 Å². The van der Waals surface area contributed by atoms with Crippen LogP contribution in [0.4, 0.5) is 0 Å². The largest absolute Gasteiger partial charge is 0.493 e. The van der Waals surface area contributed by atoms with Crippen LogP contribution in [0.1, 0.15) is 23.6 Å². The van der Waals surface area contributed by atoms with Gasteiger partial charge in [0.25, 0.3) is 0 Å². The summed E-state index contributed by atoms with van der Waals surface area (Å²) in [7, 11) is 0. The SMILES string of the molecule is CCOc1ccccc1/C=C(/C(=O)O)c1cccc(C)c1. The normalized spacial score (nSPS) is 11.2. The molecule has 0 saturated heterocycles. The van der Waals surface area contributed by atoms with E-state index < -0.39 is 5.97 Å². The predicted molar refractivity (Wildman–Crippen MR) is 84.3 cm³/mol. The summed E-state index contributed by atoms with van der Waals surface area (Å²) in [4.78, 5) is 11.6. The van der Waals surface area contributed by atoms with Crippen LogP contribution in [0, 0.1) is 6.92 Å². The molecule has 2 rings (SSSR count). The maximum atomic E-state index is 11.6. The monoisotopic (exact) mass is 282 g/mol. The van der Waals surface area contributed by atoms with Crippen LogP contribution in [0.25, 0.3) is 11.6 Å². The van der Waals surface area contributed by atoms with Gasteiger partial charge in [-0.3, -0.25) is 0 Å². The summed E-state index contributed by atoms with van der Waals surface area (Å²) < 4.78 is 5.54. The summed E-state index contributed by atoms with van der Waals surface area (Å²) in [6.07, 6.45) is 1.65. The minimum absolute atomic E-state index is 0.255. The lowest BCUT2D eigenvalue weighted by molar-refractivity contribution is -0.130. The van der Waals surface area contributed by atoms with Crippen molar-refractivity contribution >= 4 is 17.6 Å². The van der Waals surface area contributed by atoms with Gasteiger partial charge in [0.15, 0.2) is 0 Å². The molecule has 0 aliphatic rings. The van der Waals surface area contributed by atoms with Crippen molar-refractivity contribution in [3.05, 3.63) is 65.2 Å². The Morgan fingerprint density at radius 1 is 1.19 bits per heavy atom. The number of carboxylic acid groups (broad SMARTS) is 1. The highest BCUT2D eigenvalue weighted by molar-refractivity contribution is 6.20. The van der Waals surface area contributed by atoms with Gasteiger partial charge in [0.1, 0.15) is 5.75 Å². The molecule has 0 atom stereocenters. The number of aryl methyl sites for hydroxylation is 1. The van der Waals surface area contributed by atoms with Crippen LogP contribution in [0.3, 0.4) is 0 Å². The Morgan fingerprint density at radius 3 is 2.62 bits per heavy atom. The number of hydrogen-bond donors (Lipinski definition) is 1. The summed E-state index contributed by atoms with van der Waals surface area (Å²) in [5.41, 5.74) is 2.73. The maximum Gasteiger partial charge on any atom is 0.336 e. The molecule has 0 aromatic heterocycles. The number of carbonyl (C=O) groups is 1. The fourth-order valence-electron chi connectivity index (χ4n) is 2.12. The maximum absolute atomic E-state index is 11.6. The van der Waals surface area contributed by atoms with Gasteiger partial charge in [-0.05, 0) is 31.6 Å². The number of hydrogen-bond acceptors (Lipinski definition) is 2. The fraction of sp³-hybridized carbons (Fsp3) is 0.167. The van der Waals surface area contributed by atoms with E-state index in [1.165, 1.54) is 0 Å². The minimum atomic E-state index is -0.952. The summed E-state index contributed by atoms with van der Waals surface area (Å²) in [5.74, 6) is -0.265. The van der Waals surface area contributed by atoms with Crippen LogP contribution in [0.15, 0.2) is 48.5 Å². The van der Waals surface area contributed by atoms with Gasteiger partial charge in [-0.1, -0.05) is 48.0 Å². The van der Waals surface area contributed by atoms with Crippen molar-refractivity contribution in [1.82, 2.24) is 0 Å². The van der Waals surface area contributed by atoms with E-state index in [2.05, 4.69) is 0 Å². The van der Waals surface area contributed by atoms with E-state index >= 15 is 0 Å². The zero-order valence-corrected chi connectivity index (χ0v) is 12.2.